The number of hydrogen-bond acceptors (Lipinski definition) is 4. The van der Waals surface area contributed by atoms with E-state index in [1.165, 1.54) is 5.56 Å². The van der Waals surface area contributed by atoms with Gasteiger partial charge in [-0.25, -0.2) is 0 Å². The summed E-state index contributed by atoms with van der Waals surface area (Å²) in [7, 11) is 0. The third kappa shape index (κ3) is 4.67. The summed E-state index contributed by atoms with van der Waals surface area (Å²) in [6.07, 6.45) is 3.60. The number of carbonyl (C=O) groups is 2. The van der Waals surface area contributed by atoms with E-state index in [4.69, 9.17) is 0 Å². The van der Waals surface area contributed by atoms with Crippen molar-refractivity contribution in [1.82, 2.24) is 20.1 Å². The second-order valence-corrected chi connectivity index (χ2v) is 6.51. The van der Waals surface area contributed by atoms with E-state index < -0.39 is 0 Å². The van der Waals surface area contributed by atoms with Gasteiger partial charge in [-0.1, -0.05) is 18.2 Å². The van der Waals surface area contributed by atoms with E-state index in [0.29, 0.717) is 18.7 Å². The Bertz CT molecular complexity index is 755. The van der Waals surface area contributed by atoms with Crippen molar-refractivity contribution >= 4 is 11.8 Å². The number of amides is 2. The third-order valence-electron chi connectivity index (χ3n) is 4.67. The van der Waals surface area contributed by atoms with Crippen LogP contribution in [0.3, 0.4) is 0 Å². The van der Waals surface area contributed by atoms with Gasteiger partial charge in [0.05, 0.1) is 6.54 Å². The number of aromatic nitrogens is 1. The van der Waals surface area contributed by atoms with Crippen LogP contribution in [0, 0.1) is 6.92 Å². The fourth-order valence-corrected chi connectivity index (χ4v) is 3.09. The lowest BCUT2D eigenvalue weighted by molar-refractivity contribution is -0.131. The first-order valence-corrected chi connectivity index (χ1v) is 8.86. The first-order chi connectivity index (χ1) is 12.6. The molecule has 0 atom stereocenters. The van der Waals surface area contributed by atoms with Crippen LogP contribution in [0.4, 0.5) is 0 Å². The Balaban J connectivity index is 1.44. The van der Waals surface area contributed by atoms with E-state index >= 15 is 0 Å². The summed E-state index contributed by atoms with van der Waals surface area (Å²) in [4.78, 5) is 32.8. The van der Waals surface area contributed by atoms with Crippen LogP contribution in [0.2, 0.25) is 0 Å². The van der Waals surface area contributed by atoms with Crippen molar-refractivity contribution in [3.63, 3.8) is 0 Å². The Labute approximate surface area is 153 Å². The number of carbonyl (C=O) groups excluding carboxylic acids is 2. The maximum absolute atomic E-state index is 12.4. The van der Waals surface area contributed by atoms with Crippen molar-refractivity contribution in [2.24, 2.45) is 0 Å². The predicted octanol–water partition coefficient (Wildman–Crippen LogP) is 1.46. The zero-order valence-electron chi connectivity index (χ0n) is 15.0. The topological polar surface area (TPSA) is 65.5 Å². The minimum absolute atomic E-state index is 0.0319. The summed E-state index contributed by atoms with van der Waals surface area (Å²) in [6.45, 7) is 5.83. The van der Waals surface area contributed by atoms with Gasteiger partial charge < -0.3 is 10.2 Å². The van der Waals surface area contributed by atoms with Crippen molar-refractivity contribution in [2.45, 2.75) is 13.5 Å². The molecule has 0 bridgehead atoms. The number of hydrogen-bond donors (Lipinski definition) is 1. The second-order valence-electron chi connectivity index (χ2n) is 6.51. The first-order valence-electron chi connectivity index (χ1n) is 8.86. The minimum Gasteiger partial charge on any atom is -0.343 e. The molecule has 0 spiro atoms. The van der Waals surface area contributed by atoms with Gasteiger partial charge in [0.15, 0.2) is 0 Å². The zero-order valence-corrected chi connectivity index (χ0v) is 15.0. The summed E-state index contributed by atoms with van der Waals surface area (Å²) in [5.41, 5.74) is 2.75. The molecule has 1 saturated heterocycles. The quantitative estimate of drug-likeness (QED) is 0.885. The average Bonchev–Trinajstić information content (AvgIpc) is 2.67. The fourth-order valence-electron chi connectivity index (χ4n) is 3.09. The van der Waals surface area contributed by atoms with Crippen molar-refractivity contribution in [3.8, 4) is 0 Å². The van der Waals surface area contributed by atoms with Crippen LogP contribution in [0.5, 0.6) is 0 Å². The fraction of sp³-hybridized carbons (Fsp3) is 0.350. The number of piperazine rings is 1. The Kier molecular flexibility index (Phi) is 5.96. The number of nitrogens with zero attached hydrogens (tertiary/aromatic N) is 3. The largest absolute Gasteiger partial charge is 0.343 e. The summed E-state index contributed by atoms with van der Waals surface area (Å²) >= 11 is 0. The maximum atomic E-state index is 12.4. The van der Waals surface area contributed by atoms with Crippen molar-refractivity contribution < 1.29 is 9.59 Å². The molecule has 0 aliphatic carbocycles. The summed E-state index contributed by atoms with van der Waals surface area (Å²) < 4.78 is 0. The van der Waals surface area contributed by atoms with Crippen LogP contribution in [-0.2, 0) is 11.3 Å². The molecule has 2 heterocycles. The predicted molar refractivity (Wildman–Crippen MR) is 99.6 cm³/mol. The molecular weight excluding hydrogens is 328 g/mol. The van der Waals surface area contributed by atoms with Gasteiger partial charge in [-0.15, -0.1) is 0 Å². The number of nitrogens with one attached hydrogen (secondary N) is 1. The van der Waals surface area contributed by atoms with Crippen LogP contribution < -0.4 is 5.32 Å². The molecule has 3 rings (SSSR count). The standard InChI is InChI=1S/C20H24N4O2/c1-16-4-2-3-5-18(16)20(26)22-14-19(25)24-12-10-23(11-13-24)15-17-6-8-21-9-7-17/h2-9H,10-15H2,1H3,(H,22,26). The van der Waals surface area contributed by atoms with Gasteiger partial charge in [0, 0.05) is 50.7 Å². The van der Waals surface area contributed by atoms with E-state index in [0.717, 1.165) is 25.2 Å². The van der Waals surface area contributed by atoms with Crippen LogP contribution >= 0.6 is 0 Å². The number of rotatable bonds is 5. The zero-order chi connectivity index (χ0) is 18.4. The van der Waals surface area contributed by atoms with Crippen LogP contribution in [0.15, 0.2) is 48.8 Å². The normalized spacial score (nSPS) is 14.9. The summed E-state index contributed by atoms with van der Waals surface area (Å²) in [5, 5.41) is 2.74. The number of pyridine rings is 1. The SMILES string of the molecule is Cc1ccccc1C(=O)NCC(=O)N1CCN(Cc2ccncc2)CC1. The minimum atomic E-state index is -0.201. The van der Waals surface area contributed by atoms with E-state index in [1.807, 2.05) is 42.2 Å². The molecule has 1 aromatic heterocycles. The van der Waals surface area contributed by atoms with E-state index in [1.54, 1.807) is 18.5 Å². The van der Waals surface area contributed by atoms with Gasteiger partial charge >= 0.3 is 0 Å². The molecule has 0 radical (unpaired) electrons. The Morgan fingerprint density at radius 3 is 2.42 bits per heavy atom. The molecule has 1 N–H and O–H groups in total. The monoisotopic (exact) mass is 352 g/mol. The molecule has 2 amide bonds. The highest BCUT2D eigenvalue weighted by Crippen LogP contribution is 2.09. The molecule has 0 unspecified atom stereocenters. The smallest absolute Gasteiger partial charge is 0.251 e. The van der Waals surface area contributed by atoms with Crippen molar-refractivity contribution in [3.05, 3.63) is 65.5 Å². The van der Waals surface area contributed by atoms with Gasteiger partial charge in [-0.05, 0) is 36.2 Å². The molecule has 26 heavy (non-hydrogen) atoms. The molecular formula is C20H24N4O2. The van der Waals surface area contributed by atoms with Crippen LogP contribution in [0.25, 0.3) is 0 Å². The third-order valence-corrected chi connectivity index (χ3v) is 4.67. The molecule has 1 aliphatic heterocycles. The Morgan fingerprint density at radius 1 is 1.04 bits per heavy atom. The lowest BCUT2D eigenvalue weighted by atomic mass is 10.1. The lowest BCUT2D eigenvalue weighted by Crippen LogP contribution is -2.50. The van der Waals surface area contributed by atoms with E-state index in [-0.39, 0.29) is 18.4 Å². The van der Waals surface area contributed by atoms with Crippen molar-refractivity contribution in [1.29, 1.82) is 0 Å². The summed E-state index contributed by atoms with van der Waals surface area (Å²) in [6, 6.07) is 11.4. The first kappa shape index (κ1) is 18.1. The number of aryl methyl sites for hydroxylation is 1. The Hall–Kier alpha value is -2.73. The molecule has 1 fully saturated rings. The van der Waals surface area contributed by atoms with Crippen molar-refractivity contribution in [2.75, 3.05) is 32.7 Å². The highest BCUT2D eigenvalue weighted by atomic mass is 16.2. The van der Waals surface area contributed by atoms with Gasteiger partial charge in [0.25, 0.3) is 5.91 Å². The molecule has 1 aromatic carbocycles. The molecule has 1 aliphatic rings. The second kappa shape index (κ2) is 8.58. The molecule has 6 nitrogen and oxygen atoms in total. The molecule has 6 heteroatoms. The van der Waals surface area contributed by atoms with E-state index in [9.17, 15) is 9.59 Å². The molecule has 0 saturated carbocycles. The van der Waals surface area contributed by atoms with E-state index in [2.05, 4.69) is 15.2 Å². The van der Waals surface area contributed by atoms with Crippen LogP contribution in [-0.4, -0.2) is 59.3 Å². The number of benzene rings is 1. The van der Waals surface area contributed by atoms with Gasteiger partial charge in [0.2, 0.25) is 5.91 Å². The van der Waals surface area contributed by atoms with Gasteiger partial charge in [0.1, 0.15) is 0 Å². The van der Waals surface area contributed by atoms with Gasteiger partial charge in [-0.2, -0.15) is 0 Å². The Morgan fingerprint density at radius 2 is 1.73 bits per heavy atom. The van der Waals surface area contributed by atoms with Gasteiger partial charge in [-0.3, -0.25) is 19.5 Å². The maximum Gasteiger partial charge on any atom is 0.251 e. The lowest BCUT2D eigenvalue weighted by Gasteiger charge is -2.34. The highest BCUT2D eigenvalue weighted by molar-refractivity contribution is 5.97. The van der Waals surface area contributed by atoms with Crippen LogP contribution in [0.1, 0.15) is 21.5 Å². The average molecular weight is 352 g/mol. The highest BCUT2D eigenvalue weighted by Gasteiger charge is 2.21. The molecule has 136 valence electrons. The molecule has 2 aromatic rings. The summed E-state index contributed by atoms with van der Waals surface area (Å²) in [5.74, 6) is -0.233.